The maximum absolute atomic E-state index is 12.0. The molecule has 0 aromatic heterocycles. The molecule has 0 aromatic carbocycles. The van der Waals surface area contributed by atoms with Gasteiger partial charge in [0.05, 0.1) is 20.6 Å². The normalized spacial score (nSPS) is 19.9. The lowest BCUT2D eigenvalue weighted by atomic mass is 10.1. The maximum atomic E-state index is 12.0. The summed E-state index contributed by atoms with van der Waals surface area (Å²) in [5, 5.41) is 2.14. The van der Waals surface area contributed by atoms with Crippen LogP contribution in [0, 0.1) is 5.92 Å². The number of hydrogen-bond acceptors (Lipinski definition) is 4. The van der Waals surface area contributed by atoms with Gasteiger partial charge in [0.2, 0.25) is 11.8 Å². The van der Waals surface area contributed by atoms with Gasteiger partial charge in [-0.1, -0.05) is 6.08 Å². The molecule has 1 unspecified atom stereocenters. The Morgan fingerprint density at radius 1 is 1.40 bits per heavy atom. The average molecular weight is 281 g/mol. The van der Waals surface area contributed by atoms with E-state index in [9.17, 15) is 14.4 Å². The zero-order valence-electron chi connectivity index (χ0n) is 11.9. The molecule has 0 radical (unpaired) electrons. The molecule has 0 aromatic rings. The van der Waals surface area contributed by atoms with Crippen molar-refractivity contribution in [3.05, 3.63) is 12.7 Å². The number of carbonyl (C=O) groups is 3. The predicted octanol–water partition coefficient (Wildman–Crippen LogP) is -1.53. The van der Waals surface area contributed by atoms with Crippen molar-refractivity contribution < 1.29 is 19.3 Å². The van der Waals surface area contributed by atoms with Gasteiger partial charge in [0.25, 0.3) is 0 Å². The van der Waals surface area contributed by atoms with E-state index in [1.54, 1.807) is 0 Å². The van der Waals surface area contributed by atoms with Crippen LogP contribution in [-0.2, 0) is 9.59 Å². The molecule has 7 heteroatoms. The van der Waals surface area contributed by atoms with E-state index in [2.05, 4.69) is 16.9 Å². The van der Waals surface area contributed by atoms with Crippen molar-refractivity contribution in [3.8, 4) is 0 Å². The van der Waals surface area contributed by atoms with Crippen molar-refractivity contribution in [3.63, 3.8) is 0 Å². The Labute approximate surface area is 118 Å². The summed E-state index contributed by atoms with van der Waals surface area (Å²) in [6, 6.07) is -0.708. The van der Waals surface area contributed by atoms with Crippen molar-refractivity contribution in [2.75, 3.05) is 33.7 Å². The zero-order chi connectivity index (χ0) is 15.1. The van der Waals surface area contributed by atoms with Crippen LogP contribution in [0.3, 0.4) is 0 Å². The van der Waals surface area contributed by atoms with Crippen molar-refractivity contribution >= 4 is 24.1 Å². The molecule has 1 heterocycles. The van der Waals surface area contributed by atoms with Gasteiger partial charge in [0, 0.05) is 25.7 Å². The van der Waals surface area contributed by atoms with E-state index in [4.69, 9.17) is 0 Å². The number of nitrogens with zero attached hydrogens (tertiary/aromatic N) is 2. The SMILES string of the molecule is C=CCN1C(=O)NC(=O)C(C=NCCC[NH+](C)C)C1=O. The Morgan fingerprint density at radius 3 is 2.70 bits per heavy atom. The summed E-state index contributed by atoms with van der Waals surface area (Å²) >= 11 is 0. The first-order valence-electron chi connectivity index (χ1n) is 6.53. The third kappa shape index (κ3) is 4.27. The molecule has 1 aliphatic rings. The summed E-state index contributed by atoms with van der Waals surface area (Å²) < 4.78 is 0. The topological polar surface area (TPSA) is 83.3 Å². The van der Waals surface area contributed by atoms with Crippen molar-refractivity contribution in [1.82, 2.24) is 10.2 Å². The third-order valence-electron chi connectivity index (χ3n) is 2.82. The summed E-state index contributed by atoms with van der Waals surface area (Å²) in [7, 11) is 4.08. The summed E-state index contributed by atoms with van der Waals surface area (Å²) in [5.41, 5.74) is 0. The quantitative estimate of drug-likeness (QED) is 0.257. The lowest BCUT2D eigenvalue weighted by Crippen LogP contribution is -3.05. The number of hydrogen-bond donors (Lipinski definition) is 2. The first kappa shape index (κ1) is 16.0. The average Bonchev–Trinajstić information content (AvgIpc) is 2.37. The van der Waals surface area contributed by atoms with Gasteiger partial charge in [0.1, 0.15) is 0 Å². The minimum absolute atomic E-state index is 0.0757. The van der Waals surface area contributed by atoms with Crippen LogP contribution in [0.1, 0.15) is 6.42 Å². The van der Waals surface area contributed by atoms with Crippen molar-refractivity contribution in [1.29, 1.82) is 0 Å². The molecule has 0 spiro atoms. The van der Waals surface area contributed by atoms with Crippen LogP contribution in [-0.4, -0.2) is 62.7 Å². The highest BCUT2D eigenvalue weighted by Crippen LogP contribution is 2.08. The smallest absolute Gasteiger partial charge is 0.331 e. The molecule has 1 atom stereocenters. The van der Waals surface area contributed by atoms with Gasteiger partial charge in [-0.15, -0.1) is 6.58 Å². The second-order valence-corrected chi connectivity index (χ2v) is 4.88. The van der Waals surface area contributed by atoms with Gasteiger partial charge in [-0.05, 0) is 0 Å². The largest absolute Gasteiger partial charge is 0.340 e. The zero-order valence-corrected chi connectivity index (χ0v) is 11.9. The van der Waals surface area contributed by atoms with Crippen LogP contribution >= 0.6 is 0 Å². The third-order valence-corrected chi connectivity index (χ3v) is 2.82. The Hall–Kier alpha value is -2.02. The van der Waals surface area contributed by atoms with Gasteiger partial charge < -0.3 is 4.90 Å². The summed E-state index contributed by atoms with van der Waals surface area (Å²) in [5.74, 6) is -2.21. The lowest BCUT2D eigenvalue weighted by Gasteiger charge is -2.27. The number of quaternary nitrogens is 1. The van der Waals surface area contributed by atoms with E-state index in [0.717, 1.165) is 17.9 Å². The van der Waals surface area contributed by atoms with Gasteiger partial charge in [-0.3, -0.25) is 24.8 Å². The van der Waals surface area contributed by atoms with Gasteiger partial charge >= 0.3 is 6.03 Å². The van der Waals surface area contributed by atoms with Gasteiger partial charge in [0.15, 0.2) is 5.92 Å². The Balaban J connectivity index is 2.60. The Kier molecular flexibility index (Phi) is 6.05. The molecular weight excluding hydrogens is 260 g/mol. The van der Waals surface area contributed by atoms with E-state index in [1.807, 2.05) is 14.1 Å². The number of amides is 4. The Bertz CT molecular complexity index is 431. The highest BCUT2D eigenvalue weighted by molar-refractivity contribution is 6.23. The number of imide groups is 2. The molecule has 1 aliphatic heterocycles. The van der Waals surface area contributed by atoms with E-state index >= 15 is 0 Å². The van der Waals surface area contributed by atoms with Gasteiger partial charge in [-0.25, -0.2) is 4.79 Å². The maximum Gasteiger partial charge on any atom is 0.331 e. The van der Waals surface area contributed by atoms with Crippen molar-refractivity contribution in [2.45, 2.75) is 6.42 Å². The molecule has 20 heavy (non-hydrogen) atoms. The standard InChI is InChI=1S/C13H20N4O3/c1-4-7-17-12(19)10(11(18)15-13(17)20)9-14-6-5-8-16(2)3/h4,9-10H,1,5-8H2,2-3H3,(H,15,18,20)/p+1. The molecule has 110 valence electrons. The Morgan fingerprint density at radius 2 is 2.10 bits per heavy atom. The first-order valence-corrected chi connectivity index (χ1v) is 6.53. The molecule has 1 rings (SSSR count). The summed E-state index contributed by atoms with van der Waals surface area (Å²) in [4.78, 5) is 41.5. The predicted molar refractivity (Wildman–Crippen MR) is 74.6 cm³/mol. The molecule has 1 saturated heterocycles. The minimum Gasteiger partial charge on any atom is -0.340 e. The number of barbiturate groups is 1. The van der Waals surface area contributed by atoms with E-state index in [1.165, 1.54) is 17.2 Å². The molecule has 0 aliphatic carbocycles. The molecular formula is C13H21N4O3+. The number of carbonyl (C=O) groups excluding carboxylic acids is 3. The lowest BCUT2D eigenvalue weighted by molar-refractivity contribution is -0.858. The minimum atomic E-state index is -1.03. The number of rotatable bonds is 7. The van der Waals surface area contributed by atoms with Crippen LogP contribution in [0.25, 0.3) is 0 Å². The van der Waals surface area contributed by atoms with Gasteiger partial charge in [-0.2, -0.15) is 0 Å². The molecule has 0 saturated carbocycles. The van der Waals surface area contributed by atoms with E-state index < -0.39 is 23.8 Å². The molecule has 7 nitrogen and oxygen atoms in total. The number of nitrogens with one attached hydrogen (secondary N) is 2. The molecule has 2 N–H and O–H groups in total. The molecule has 4 amide bonds. The van der Waals surface area contributed by atoms with Crippen molar-refractivity contribution in [2.24, 2.45) is 10.9 Å². The number of urea groups is 1. The number of aliphatic imine (C=N–C) groups is 1. The first-order chi connectivity index (χ1) is 9.47. The van der Waals surface area contributed by atoms with E-state index in [-0.39, 0.29) is 6.54 Å². The highest BCUT2D eigenvalue weighted by atomic mass is 16.2. The second kappa shape index (κ2) is 7.54. The van der Waals surface area contributed by atoms with Crippen LogP contribution in [0.5, 0.6) is 0 Å². The fraction of sp³-hybridized carbons (Fsp3) is 0.538. The highest BCUT2D eigenvalue weighted by Gasteiger charge is 2.38. The monoisotopic (exact) mass is 281 g/mol. The fourth-order valence-corrected chi connectivity index (χ4v) is 1.77. The van der Waals surface area contributed by atoms with Crippen LogP contribution in [0.2, 0.25) is 0 Å². The summed E-state index contributed by atoms with van der Waals surface area (Å²) in [6.45, 7) is 5.07. The van der Waals surface area contributed by atoms with Crippen LogP contribution < -0.4 is 10.2 Å². The van der Waals surface area contributed by atoms with E-state index in [0.29, 0.717) is 6.54 Å². The summed E-state index contributed by atoms with van der Waals surface area (Å²) in [6.07, 6.45) is 3.63. The van der Waals surface area contributed by atoms with Crippen LogP contribution in [0.15, 0.2) is 17.6 Å². The second-order valence-electron chi connectivity index (χ2n) is 4.88. The van der Waals surface area contributed by atoms with Crippen LogP contribution in [0.4, 0.5) is 4.79 Å². The molecule has 0 bridgehead atoms. The fourth-order valence-electron chi connectivity index (χ4n) is 1.77. The molecule has 1 fully saturated rings.